The molecule has 1 aromatic carbocycles. The van der Waals surface area contributed by atoms with Gasteiger partial charge in [0.05, 0.1) is 27.5 Å². The Hall–Kier alpha value is -3.05. The molecule has 4 aromatic rings. The number of aromatic nitrogens is 1. The summed E-state index contributed by atoms with van der Waals surface area (Å²) in [4.78, 5) is 17.0. The lowest BCUT2D eigenvalue weighted by atomic mass is 10.1. The minimum atomic E-state index is -4.74. The third-order valence-electron chi connectivity index (χ3n) is 4.16. The van der Waals surface area contributed by atoms with E-state index in [9.17, 15) is 26.7 Å². The first-order chi connectivity index (χ1) is 14.1. The van der Waals surface area contributed by atoms with Gasteiger partial charge in [-0.2, -0.15) is 13.2 Å². The molecule has 11 heteroatoms. The molecule has 0 saturated heterocycles. The van der Waals surface area contributed by atoms with Gasteiger partial charge in [0.15, 0.2) is 0 Å². The second-order valence-electron chi connectivity index (χ2n) is 6.13. The largest absolute Gasteiger partial charge is 0.417 e. The number of fused-ring (bicyclic) bond motifs is 1. The monoisotopic (exact) mass is 455 g/mol. The molecule has 0 unspecified atom stereocenters. The van der Waals surface area contributed by atoms with Crippen LogP contribution < -0.4 is 11.1 Å². The molecule has 3 N–H and O–H groups in total. The van der Waals surface area contributed by atoms with Gasteiger partial charge in [0, 0.05) is 11.5 Å². The van der Waals surface area contributed by atoms with E-state index in [0.29, 0.717) is 22.3 Å². The molecule has 4 nitrogen and oxygen atoms in total. The molecule has 0 spiro atoms. The number of amides is 1. The van der Waals surface area contributed by atoms with E-state index in [2.05, 4.69) is 10.3 Å². The Kier molecular flexibility index (Phi) is 4.94. The molecular formula is C19H10F5N3OS2. The SMILES string of the molecule is Nc1c(C(=O)Nc2ccc(F)cc2F)sc2nc(-c3cccs3)cc(C(F)(F)F)c12. The number of thiophene rings is 2. The van der Waals surface area contributed by atoms with Gasteiger partial charge in [-0.05, 0) is 29.6 Å². The Labute approximate surface area is 173 Å². The minimum absolute atomic E-state index is 0.0737. The van der Waals surface area contributed by atoms with Gasteiger partial charge in [-0.1, -0.05) is 6.07 Å². The standard InChI is InChI=1S/C19H10F5N3OS2/c20-8-3-4-11(10(21)6-8)26-17(28)16-15(25)14-9(19(22,23)24)7-12(27-18(14)30-16)13-2-1-5-29-13/h1-7H,25H2,(H,26,28). The van der Waals surface area contributed by atoms with E-state index in [0.717, 1.165) is 18.2 Å². The lowest BCUT2D eigenvalue weighted by molar-refractivity contribution is -0.136. The molecular weight excluding hydrogens is 445 g/mol. The number of alkyl halides is 3. The van der Waals surface area contributed by atoms with Gasteiger partial charge in [-0.25, -0.2) is 13.8 Å². The molecule has 0 fully saturated rings. The van der Waals surface area contributed by atoms with Crippen LogP contribution in [0.5, 0.6) is 0 Å². The van der Waals surface area contributed by atoms with Crippen LogP contribution in [0.3, 0.4) is 0 Å². The molecule has 0 bridgehead atoms. The molecule has 0 aliphatic heterocycles. The number of carbonyl (C=O) groups excluding carboxylic acids is 1. The van der Waals surface area contributed by atoms with Crippen LogP contribution in [0.25, 0.3) is 20.8 Å². The second-order valence-corrected chi connectivity index (χ2v) is 8.08. The highest BCUT2D eigenvalue weighted by atomic mass is 32.1. The normalized spacial score (nSPS) is 11.8. The first-order valence-electron chi connectivity index (χ1n) is 8.25. The highest BCUT2D eigenvalue weighted by molar-refractivity contribution is 7.21. The van der Waals surface area contributed by atoms with E-state index in [-0.39, 0.29) is 21.1 Å². The Morgan fingerprint density at radius 2 is 1.90 bits per heavy atom. The zero-order valence-electron chi connectivity index (χ0n) is 14.7. The van der Waals surface area contributed by atoms with Crippen LogP contribution in [0, 0.1) is 11.6 Å². The number of anilines is 2. The number of carbonyl (C=O) groups is 1. The van der Waals surface area contributed by atoms with Crippen LogP contribution in [0.15, 0.2) is 41.8 Å². The second kappa shape index (κ2) is 7.33. The Morgan fingerprint density at radius 3 is 2.53 bits per heavy atom. The highest BCUT2D eigenvalue weighted by Gasteiger charge is 2.36. The minimum Gasteiger partial charge on any atom is -0.397 e. The molecule has 3 heterocycles. The number of rotatable bonds is 3. The fourth-order valence-electron chi connectivity index (χ4n) is 2.83. The van der Waals surface area contributed by atoms with Crippen molar-refractivity contribution in [2.75, 3.05) is 11.1 Å². The average molecular weight is 455 g/mol. The highest BCUT2D eigenvalue weighted by Crippen LogP contribution is 2.44. The summed E-state index contributed by atoms with van der Waals surface area (Å²) in [7, 11) is 0. The van der Waals surface area contributed by atoms with Gasteiger partial charge < -0.3 is 11.1 Å². The van der Waals surface area contributed by atoms with E-state index in [1.54, 1.807) is 17.5 Å². The smallest absolute Gasteiger partial charge is 0.397 e. The van der Waals surface area contributed by atoms with Gasteiger partial charge in [0.25, 0.3) is 5.91 Å². The Bertz CT molecular complexity index is 1270. The summed E-state index contributed by atoms with van der Waals surface area (Å²) in [6, 6.07) is 6.70. The van der Waals surface area contributed by atoms with Crippen LogP contribution in [0.2, 0.25) is 0 Å². The topological polar surface area (TPSA) is 68.0 Å². The van der Waals surface area contributed by atoms with Crippen LogP contribution in [-0.4, -0.2) is 10.9 Å². The summed E-state index contributed by atoms with van der Waals surface area (Å²) in [6.07, 6.45) is -4.74. The molecule has 154 valence electrons. The third kappa shape index (κ3) is 3.61. The van der Waals surface area contributed by atoms with E-state index in [1.165, 1.54) is 11.3 Å². The number of nitrogens with zero attached hydrogens (tertiary/aromatic N) is 1. The van der Waals surface area contributed by atoms with Gasteiger partial charge >= 0.3 is 6.18 Å². The summed E-state index contributed by atoms with van der Waals surface area (Å²) < 4.78 is 68.0. The molecule has 0 atom stereocenters. The van der Waals surface area contributed by atoms with Gasteiger partial charge in [0.2, 0.25) is 0 Å². The molecule has 1 amide bonds. The maximum absolute atomic E-state index is 13.8. The summed E-state index contributed by atoms with van der Waals surface area (Å²) in [5.41, 5.74) is 4.22. The van der Waals surface area contributed by atoms with E-state index >= 15 is 0 Å². The van der Waals surface area contributed by atoms with Crippen LogP contribution in [0.1, 0.15) is 15.2 Å². The number of nitrogens with two attached hydrogens (primary N) is 1. The maximum atomic E-state index is 13.8. The number of nitrogen functional groups attached to an aromatic ring is 1. The molecule has 4 rings (SSSR count). The lowest BCUT2D eigenvalue weighted by Gasteiger charge is -2.10. The fraction of sp³-hybridized carbons (Fsp3) is 0.0526. The van der Waals surface area contributed by atoms with Crippen LogP contribution >= 0.6 is 22.7 Å². The molecule has 3 aromatic heterocycles. The molecule has 0 aliphatic carbocycles. The van der Waals surface area contributed by atoms with Crippen molar-refractivity contribution < 1.29 is 26.7 Å². The average Bonchev–Trinajstić information content (AvgIpc) is 3.31. The first-order valence-corrected chi connectivity index (χ1v) is 9.95. The molecule has 0 saturated carbocycles. The summed E-state index contributed by atoms with van der Waals surface area (Å²) in [5, 5.41) is 3.51. The predicted octanol–water partition coefficient (Wildman–Crippen LogP) is 6.16. The van der Waals surface area contributed by atoms with Crippen molar-refractivity contribution >= 4 is 50.2 Å². The zero-order chi connectivity index (χ0) is 21.6. The number of hydrogen-bond acceptors (Lipinski definition) is 5. The van der Waals surface area contributed by atoms with Crippen molar-refractivity contribution in [2.24, 2.45) is 0 Å². The number of benzene rings is 1. The molecule has 30 heavy (non-hydrogen) atoms. The van der Waals surface area contributed by atoms with E-state index in [1.807, 2.05) is 0 Å². The lowest BCUT2D eigenvalue weighted by Crippen LogP contribution is -2.13. The summed E-state index contributed by atoms with van der Waals surface area (Å²) >= 11 is 1.88. The number of halogens is 5. The number of nitrogens with one attached hydrogen (secondary N) is 1. The van der Waals surface area contributed by atoms with Crippen molar-refractivity contribution in [3.8, 4) is 10.6 Å². The number of hydrogen-bond donors (Lipinski definition) is 2. The van der Waals surface area contributed by atoms with Crippen molar-refractivity contribution in [2.45, 2.75) is 6.18 Å². The van der Waals surface area contributed by atoms with Gasteiger partial charge in [-0.3, -0.25) is 4.79 Å². The first kappa shape index (κ1) is 20.2. The zero-order valence-corrected chi connectivity index (χ0v) is 16.3. The van der Waals surface area contributed by atoms with E-state index in [4.69, 9.17) is 5.73 Å². The van der Waals surface area contributed by atoms with Gasteiger partial charge in [0.1, 0.15) is 21.3 Å². The van der Waals surface area contributed by atoms with Crippen molar-refractivity contribution in [1.82, 2.24) is 4.98 Å². The summed E-state index contributed by atoms with van der Waals surface area (Å²) in [6.45, 7) is 0. The predicted molar refractivity (Wildman–Crippen MR) is 107 cm³/mol. The third-order valence-corrected chi connectivity index (χ3v) is 6.15. The van der Waals surface area contributed by atoms with Crippen molar-refractivity contribution in [3.05, 3.63) is 63.9 Å². The van der Waals surface area contributed by atoms with E-state index < -0.39 is 40.4 Å². The fourth-order valence-corrected chi connectivity index (χ4v) is 4.53. The Balaban J connectivity index is 1.83. The summed E-state index contributed by atoms with van der Waals surface area (Å²) in [5.74, 6) is -2.80. The molecule has 0 aliphatic rings. The molecule has 0 radical (unpaired) electrons. The van der Waals surface area contributed by atoms with Crippen LogP contribution in [0.4, 0.5) is 33.3 Å². The van der Waals surface area contributed by atoms with Crippen molar-refractivity contribution in [1.29, 1.82) is 0 Å². The maximum Gasteiger partial charge on any atom is 0.417 e. The quantitative estimate of drug-likeness (QED) is 0.364. The van der Waals surface area contributed by atoms with Crippen LogP contribution in [-0.2, 0) is 6.18 Å². The van der Waals surface area contributed by atoms with Crippen molar-refractivity contribution in [3.63, 3.8) is 0 Å². The Morgan fingerprint density at radius 1 is 1.13 bits per heavy atom. The van der Waals surface area contributed by atoms with Gasteiger partial charge in [-0.15, -0.1) is 22.7 Å². The number of pyridine rings is 1.